The Morgan fingerprint density at radius 3 is 2.64 bits per heavy atom. The van der Waals surface area contributed by atoms with Crippen LogP contribution in [0.2, 0.25) is 0 Å². The number of fused-ring (bicyclic) bond motifs is 1. The van der Waals surface area contributed by atoms with Gasteiger partial charge in [0.1, 0.15) is 17.1 Å². The molecule has 9 heteroatoms. The van der Waals surface area contributed by atoms with Gasteiger partial charge in [0.2, 0.25) is 16.0 Å². The molecular weight excluding hydrogens is 383 g/mol. The zero-order valence-electron chi connectivity index (χ0n) is 15.3. The van der Waals surface area contributed by atoms with Crippen LogP contribution in [0, 0.1) is 5.82 Å². The summed E-state index contributed by atoms with van der Waals surface area (Å²) in [5.74, 6) is -0.0277. The number of hydrogen-bond acceptors (Lipinski definition) is 5. The van der Waals surface area contributed by atoms with E-state index in [1.807, 2.05) is 18.2 Å². The third kappa shape index (κ3) is 3.07. The highest BCUT2D eigenvalue weighted by Gasteiger charge is 2.41. The molecule has 1 aliphatic rings. The van der Waals surface area contributed by atoms with Crippen LogP contribution in [0.5, 0.6) is 11.6 Å². The van der Waals surface area contributed by atoms with Gasteiger partial charge in [-0.3, -0.25) is 0 Å². The molecule has 28 heavy (non-hydrogen) atoms. The molecule has 0 unspecified atom stereocenters. The van der Waals surface area contributed by atoms with Crippen molar-refractivity contribution < 1.29 is 17.5 Å². The van der Waals surface area contributed by atoms with Crippen molar-refractivity contribution in [3.63, 3.8) is 0 Å². The van der Waals surface area contributed by atoms with E-state index in [1.165, 1.54) is 13.1 Å². The number of H-pyrrole nitrogens is 1. The number of para-hydroxylation sites is 1. The minimum Gasteiger partial charge on any atom is -0.441 e. The fourth-order valence-electron chi connectivity index (χ4n) is 3.30. The third-order valence-corrected chi connectivity index (χ3v) is 6.75. The number of sulfonamides is 1. The highest BCUT2D eigenvalue weighted by atomic mass is 32.2. The topological polar surface area (TPSA) is 101 Å². The molecule has 2 heterocycles. The number of nitrogens with one attached hydrogen (secondary N) is 1. The van der Waals surface area contributed by atoms with Crippen LogP contribution in [-0.4, -0.2) is 36.5 Å². The summed E-state index contributed by atoms with van der Waals surface area (Å²) in [7, 11) is -2.37. The SMILES string of the molecule is CN1C(N)=N[C@](C)(c2cc3[nH]c(Oc4ccccc4)cc3cc2F)CS1(=O)=O. The van der Waals surface area contributed by atoms with Gasteiger partial charge in [-0.25, -0.2) is 22.1 Å². The van der Waals surface area contributed by atoms with Crippen molar-refractivity contribution in [2.24, 2.45) is 10.7 Å². The van der Waals surface area contributed by atoms with Crippen LogP contribution in [-0.2, 0) is 15.6 Å². The minimum absolute atomic E-state index is 0.146. The van der Waals surface area contributed by atoms with Gasteiger partial charge < -0.3 is 15.5 Å². The first-order valence-corrected chi connectivity index (χ1v) is 10.2. The van der Waals surface area contributed by atoms with Gasteiger partial charge >= 0.3 is 0 Å². The average molecular weight is 402 g/mol. The van der Waals surface area contributed by atoms with Gasteiger partial charge in [-0.2, -0.15) is 0 Å². The number of benzene rings is 2. The summed E-state index contributed by atoms with van der Waals surface area (Å²) in [6.07, 6.45) is 0. The van der Waals surface area contributed by atoms with E-state index in [9.17, 15) is 12.8 Å². The molecule has 1 atom stereocenters. The van der Waals surface area contributed by atoms with Crippen molar-refractivity contribution in [2.75, 3.05) is 12.8 Å². The Kier molecular flexibility index (Phi) is 4.07. The lowest BCUT2D eigenvalue weighted by Gasteiger charge is -2.34. The first kappa shape index (κ1) is 18.3. The molecule has 0 saturated heterocycles. The van der Waals surface area contributed by atoms with E-state index in [0.717, 1.165) is 4.31 Å². The summed E-state index contributed by atoms with van der Waals surface area (Å²) < 4.78 is 46.3. The second kappa shape index (κ2) is 6.23. The maximum Gasteiger partial charge on any atom is 0.239 e. The molecular formula is C19H19FN4O3S. The second-order valence-electron chi connectivity index (χ2n) is 6.94. The molecule has 0 fully saturated rings. The summed E-state index contributed by atoms with van der Waals surface area (Å²) in [5, 5.41) is 0.600. The Labute approximate surface area is 161 Å². The van der Waals surface area contributed by atoms with Crippen molar-refractivity contribution in [1.82, 2.24) is 9.29 Å². The molecule has 0 bridgehead atoms. The van der Waals surface area contributed by atoms with Gasteiger partial charge in [0.25, 0.3) is 0 Å². The zero-order chi connectivity index (χ0) is 20.1. The van der Waals surface area contributed by atoms with E-state index in [4.69, 9.17) is 10.5 Å². The molecule has 146 valence electrons. The van der Waals surface area contributed by atoms with Crippen molar-refractivity contribution in [3.05, 3.63) is 59.9 Å². The largest absolute Gasteiger partial charge is 0.441 e. The average Bonchev–Trinajstić information content (AvgIpc) is 3.00. The van der Waals surface area contributed by atoms with Crippen LogP contribution in [0.25, 0.3) is 10.9 Å². The molecule has 7 nitrogen and oxygen atoms in total. The molecule has 0 aliphatic carbocycles. The highest BCUT2D eigenvalue weighted by Crippen LogP contribution is 2.36. The molecule has 2 aromatic carbocycles. The number of rotatable bonds is 3. The zero-order valence-corrected chi connectivity index (χ0v) is 16.1. The second-order valence-corrected chi connectivity index (χ2v) is 8.94. The van der Waals surface area contributed by atoms with E-state index in [1.54, 1.807) is 31.2 Å². The highest BCUT2D eigenvalue weighted by molar-refractivity contribution is 7.89. The summed E-state index contributed by atoms with van der Waals surface area (Å²) in [6, 6.07) is 13.8. The quantitative estimate of drug-likeness (QED) is 0.703. The molecule has 3 N–H and O–H groups in total. The number of nitrogens with zero attached hydrogens (tertiary/aromatic N) is 2. The molecule has 0 radical (unpaired) electrons. The van der Waals surface area contributed by atoms with Crippen LogP contribution in [0.15, 0.2) is 53.5 Å². The maximum atomic E-state index is 14.9. The minimum atomic E-state index is -3.70. The van der Waals surface area contributed by atoms with Gasteiger partial charge in [0, 0.05) is 29.6 Å². The van der Waals surface area contributed by atoms with Gasteiger partial charge in [-0.1, -0.05) is 18.2 Å². The Bertz CT molecular complexity index is 1190. The first-order chi connectivity index (χ1) is 13.2. The van der Waals surface area contributed by atoms with E-state index in [2.05, 4.69) is 9.98 Å². The molecule has 1 aromatic heterocycles. The predicted molar refractivity (Wildman–Crippen MR) is 105 cm³/mol. The van der Waals surface area contributed by atoms with Crippen LogP contribution in [0.1, 0.15) is 12.5 Å². The van der Waals surface area contributed by atoms with Crippen molar-refractivity contribution >= 4 is 26.9 Å². The third-order valence-electron chi connectivity index (χ3n) is 4.80. The number of guanidine groups is 1. The summed E-state index contributed by atoms with van der Waals surface area (Å²) in [5.41, 5.74) is 5.18. The predicted octanol–water partition coefficient (Wildman–Crippen LogP) is 2.90. The number of aromatic amines is 1. The summed E-state index contributed by atoms with van der Waals surface area (Å²) >= 11 is 0. The number of hydrogen-bond donors (Lipinski definition) is 2. The molecule has 3 aromatic rings. The van der Waals surface area contributed by atoms with Crippen molar-refractivity contribution in [2.45, 2.75) is 12.5 Å². The number of aliphatic imine (C=N–C) groups is 1. The summed E-state index contributed by atoms with van der Waals surface area (Å²) in [4.78, 5) is 7.34. The van der Waals surface area contributed by atoms with Crippen molar-refractivity contribution in [3.8, 4) is 11.6 Å². The standard InChI is InChI=1S/C19H19FN4O3S/c1-19(11-28(25,26)24(2)18(21)23-19)14-10-16-12(8-15(14)20)9-17(22-16)27-13-6-4-3-5-7-13/h3-10,22H,11H2,1-2H3,(H2,21,23)/t19-/m0/s1. The van der Waals surface area contributed by atoms with Gasteiger partial charge in [0.05, 0.1) is 5.75 Å². The lowest BCUT2D eigenvalue weighted by molar-refractivity contribution is 0.458. The maximum absolute atomic E-state index is 14.9. The van der Waals surface area contributed by atoms with Crippen molar-refractivity contribution in [1.29, 1.82) is 0 Å². The van der Waals surface area contributed by atoms with E-state index < -0.39 is 21.4 Å². The van der Waals surface area contributed by atoms with E-state index in [-0.39, 0.29) is 17.3 Å². The number of ether oxygens (including phenoxy) is 1. The fraction of sp³-hybridized carbons (Fsp3) is 0.211. The number of halogens is 1. The van der Waals surface area contributed by atoms with Crippen LogP contribution >= 0.6 is 0 Å². The van der Waals surface area contributed by atoms with E-state index >= 15 is 0 Å². The normalized spacial score (nSPS) is 21.5. The van der Waals surface area contributed by atoms with Crippen LogP contribution in [0.4, 0.5) is 4.39 Å². The smallest absolute Gasteiger partial charge is 0.239 e. The first-order valence-electron chi connectivity index (χ1n) is 8.55. The van der Waals surface area contributed by atoms with Crippen LogP contribution in [0.3, 0.4) is 0 Å². The lowest BCUT2D eigenvalue weighted by Crippen LogP contribution is -2.50. The van der Waals surface area contributed by atoms with Gasteiger partial charge in [-0.05, 0) is 31.2 Å². The molecule has 0 amide bonds. The monoisotopic (exact) mass is 402 g/mol. The number of nitrogens with two attached hydrogens (primary N) is 1. The number of aromatic nitrogens is 1. The van der Waals surface area contributed by atoms with Gasteiger partial charge in [0.15, 0.2) is 5.88 Å². The molecule has 0 spiro atoms. The Morgan fingerprint density at radius 2 is 1.96 bits per heavy atom. The summed E-state index contributed by atoms with van der Waals surface area (Å²) in [6.45, 7) is 1.55. The molecule has 1 aliphatic heterocycles. The Balaban J connectivity index is 1.77. The van der Waals surface area contributed by atoms with Crippen LogP contribution < -0.4 is 10.5 Å². The molecule has 0 saturated carbocycles. The van der Waals surface area contributed by atoms with E-state index in [0.29, 0.717) is 22.5 Å². The van der Waals surface area contributed by atoms with Gasteiger partial charge in [-0.15, -0.1) is 0 Å². The Morgan fingerprint density at radius 1 is 1.25 bits per heavy atom. The molecule has 4 rings (SSSR count). The Hall–Kier alpha value is -3.07. The fourth-order valence-corrected chi connectivity index (χ4v) is 4.75. The lowest BCUT2D eigenvalue weighted by atomic mass is 9.93.